The quantitative estimate of drug-likeness (QED) is 0.304. The molecule has 0 atom stereocenters. The van der Waals surface area contributed by atoms with Crippen molar-refractivity contribution in [2.75, 3.05) is 0 Å². The van der Waals surface area contributed by atoms with Gasteiger partial charge in [0.05, 0.1) is 16.0 Å². The van der Waals surface area contributed by atoms with Crippen LogP contribution in [0.15, 0.2) is 88.9 Å². The normalized spacial score (nSPS) is 10.9. The van der Waals surface area contributed by atoms with Gasteiger partial charge in [-0.25, -0.2) is 4.83 Å². The molecule has 3 rings (SSSR count). The van der Waals surface area contributed by atoms with Crippen molar-refractivity contribution in [3.05, 3.63) is 106 Å². The Labute approximate surface area is 167 Å². The van der Waals surface area contributed by atoms with Gasteiger partial charge in [-0.1, -0.05) is 42.2 Å². The minimum atomic E-state index is -3.91. The molecule has 0 fully saturated rings. The molecular formula is C21H15N3O4S. The standard InChI is InChI=1S/C21H15N3O4S/c25-24(26)20-12-14-21(15-13-20)29(27,28)23-22-16-19-10-8-18(9-11-19)7-6-17-4-2-1-3-5-17/h1-5,8-16,23H/b22-16+. The predicted molar refractivity (Wildman–Crippen MR) is 110 cm³/mol. The number of hydrogen-bond acceptors (Lipinski definition) is 5. The molecule has 0 aromatic heterocycles. The second-order valence-corrected chi connectivity index (χ2v) is 7.50. The minimum absolute atomic E-state index is 0.119. The molecule has 0 amide bonds. The molecule has 7 nitrogen and oxygen atoms in total. The topological polar surface area (TPSA) is 102 Å². The van der Waals surface area contributed by atoms with Gasteiger partial charge in [0, 0.05) is 23.3 Å². The number of rotatable bonds is 5. The van der Waals surface area contributed by atoms with Crippen LogP contribution in [0.25, 0.3) is 0 Å². The maximum atomic E-state index is 12.2. The number of hydrazone groups is 1. The van der Waals surface area contributed by atoms with Crippen LogP contribution in [0.1, 0.15) is 16.7 Å². The van der Waals surface area contributed by atoms with E-state index in [9.17, 15) is 18.5 Å². The smallest absolute Gasteiger partial charge is 0.258 e. The Morgan fingerprint density at radius 3 is 2.03 bits per heavy atom. The van der Waals surface area contributed by atoms with Crippen molar-refractivity contribution in [2.24, 2.45) is 5.10 Å². The zero-order valence-corrected chi connectivity index (χ0v) is 15.8. The molecule has 3 aromatic carbocycles. The summed E-state index contributed by atoms with van der Waals surface area (Å²) in [6.45, 7) is 0. The van der Waals surface area contributed by atoms with Gasteiger partial charge in [0.2, 0.25) is 0 Å². The summed E-state index contributed by atoms with van der Waals surface area (Å²) >= 11 is 0. The van der Waals surface area contributed by atoms with Crippen LogP contribution in [0.5, 0.6) is 0 Å². The van der Waals surface area contributed by atoms with Crippen LogP contribution in [0, 0.1) is 22.0 Å². The second kappa shape index (κ2) is 8.82. The van der Waals surface area contributed by atoms with Gasteiger partial charge in [-0.3, -0.25) is 10.1 Å². The number of nitro benzene ring substituents is 1. The van der Waals surface area contributed by atoms with E-state index in [1.807, 2.05) is 42.5 Å². The van der Waals surface area contributed by atoms with E-state index in [0.29, 0.717) is 5.56 Å². The van der Waals surface area contributed by atoms with Crippen molar-refractivity contribution in [3.63, 3.8) is 0 Å². The Balaban J connectivity index is 1.64. The molecule has 0 saturated carbocycles. The lowest BCUT2D eigenvalue weighted by Crippen LogP contribution is -2.18. The van der Waals surface area contributed by atoms with Gasteiger partial charge in [0.25, 0.3) is 15.7 Å². The number of benzene rings is 3. The summed E-state index contributed by atoms with van der Waals surface area (Å²) < 4.78 is 24.3. The molecule has 0 bridgehead atoms. The van der Waals surface area contributed by atoms with Crippen LogP contribution < -0.4 is 4.83 Å². The van der Waals surface area contributed by atoms with E-state index in [4.69, 9.17) is 0 Å². The molecule has 1 N–H and O–H groups in total. The fourth-order valence-corrected chi connectivity index (χ4v) is 3.08. The predicted octanol–water partition coefficient (Wildman–Crippen LogP) is 3.31. The third kappa shape index (κ3) is 5.51. The van der Waals surface area contributed by atoms with E-state index in [-0.39, 0.29) is 10.6 Å². The first-order chi connectivity index (χ1) is 13.9. The number of non-ortho nitro benzene ring substituents is 1. The fraction of sp³-hybridized carbons (Fsp3) is 0. The van der Waals surface area contributed by atoms with Gasteiger partial charge < -0.3 is 0 Å². The summed E-state index contributed by atoms with van der Waals surface area (Å²) in [6.07, 6.45) is 1.36. The molecule has 29 heavy (non-hydrogen) atoms. The third-order valence-electron chi connectivity index (χ3n) is 3.78. The summed E-state index contributed by atoms with van der Waals surface area (Å²) in [5.41, 5.74) is 2.22. The van der Waals surface area contributed by atoms with Crippen molar-refractivity contribution in [1.29, 1.82) is 0 Å². The van der Waals surface area contributed by atoms with E-state index in [1.165, 1.54) is 6.21 Å². The zero-order valence-electron chi connectivity index (χ0n) is 15.0. The molecule has 0 unspecified atom stereocenters. The van der Waals surface area contributed by atoms with Crippen LogP contribution in [-0.4, -0.2) is 19.6 Å². The van der Waals surface area contributed by atoms with Crippen molar-refractivity contribution in [1.82, 2.24) is 4.83 Å². The Hall–Kier alpha value is -3.96. The van der Waals surface area contributed by atoms with E-state index in [2.05, 4.69) is 21.8 Å². The van der Waals surface area contributed by atoms with Crippen molar-refractivity contribution in [3.8, 4) is 11.8 Å². The monoisotopic (exact) mass is 405 g/mol. The van der Waals surface area contributed by atoms with Crippen LogP contribution in [0.4, 0.5) is 5.69 Å². The lowest BCUT2D eigenvalue weighted by molar-refractivity contribution is -0.384. The maximum Gasteiger partial charge on any atom is 0.276 e. The van der Waals surface area contributed by atoms with Crippen molar-refractivity contribution < 1.29 is 13.3 Å². The Morgan fingerprint density at radius 2 is 1.45 bits per heavy atom. The van der Waals surface area contributed by atoms with E-state index in [1.54, 1.807) is 12.1 Å². The van der Waals surface area contributed by atoms with E-state index >= 15 is 0 Å². The first-order valence-electron chi connectivity index (χ1n) is 8.40. The first kappa shape index (κ1) is 19.8. The van der Waals surface area contributed by atoms with Crippen LogP contribution in [0.2, 0.25) is 0 Å². The molecule has 0 aliphatic rings. The van der Waals surface area contributed by atoms with Gasteiger partial charge in [0.1, 0.15) is 0 Å². The number of nitro groups is 1. The van der Waals surface area contributed by atoms with E-state index in [0.717, 1.165) is 35.4 Å². The highest BCUT2D eigenvalue weighted by Gasteiger charge is 2.14. The fourth-order valence-electron chi connectivity index (χ4n) is 2.29. The van der Waals surface area contributed by atoms with Gasteiger partial charge in [-0.2, -0.15) is 13.5 Å². The number of sulfonamides is 1. The van der Waals surface area contributed by atoms with Crippen LogP contribution in [0.3, 0.4) is 0 Å². The summed E-state index contributed by atoms with van der Waals surface area (Å²) in [5, 5.41) is 14.4. The Bertz CT molecular complexity index is 1190. The highest BCUT2D eigenvalue weighted by atomic mass is 32.2. The van der Waals surface area contributed by atoms with E-state index < -0.39 is 14.9 Å². The third-order valence-corrected chi connectivity index (χ3v) is 5.02. The molecule has 3 aromatic rings. The van der Waals surface area contributed by atoms with Crippen molar-refractivity contribution in [2.45, 2.75) is 4.90 Å². The largest absolute Gasteiger partial charge is 0.276 e. The lowest BCUT2D eigenvalue weighted by atomic mass is 10.1. The summed E-state index contributed by atoms with van der Waals surface area (Å²) in [6, 6.07) is 21.3. The number of hydrogen-bond donors (Lipinski definition) is 1. The molecule has 0 radical (unpaired) electrons. The SMILES string of the molecule is O=[N+]([O-])c1ccc(S(=O)(=O)N/N=C/c2ccc(C#Cc3ccccc3)cc2)cc1. The minimum Gasteiger partial charge on any atom is -0.258 e. The summed E-state index contributed by atoms with van der Waals surface area (Å²) in [5.74, 6) is 6.10. The average molecular weight is 405 g/mol. The average Bonchev–Trinajstić information content (AvgIpc) is 2.74. The number of nitrogens with zero attached hydrogens (tertiary/aromatic N) is 2. The highest BCUT2D eigenvalue weighted by molar-refractivity contribution is 7.89. The molecule has 0 aliphatic heterocycles. The Kier molecular flexibility index (Phi) is 6.02. The molecule has 0 saturated heterocycles. The molecule has 144 valence electrons. The molecule has 0 heterocycles. The highest BCUT2D eigenvalue weighted by Crippen LogP contribution is 2.15. The van der Waals surface area contributed by atoms with Gasteiger partial charge in [0.15, 0.2) is 0 Å². The van der Waals surface area contributed by atoms with Gasteiger partial charge in [-0.05, 0) is 42.0 Å². The molecule has 0 spiro atoms. The maximum absolute atomic E-state index is 12.2. The molecule has 8 heteroatoms. The molecule has 0 aliphatic carbocycles. The van der Waals surface area contributed by atoms with Crippen LogP contribution >= 0.6 is 0 Å². The first-order valence-corrected chi connectivity index (χ1v) is 9.89. The zero-order chi connectivity index (χ0) is 20.7. The van der Waals surface area contributed by atoms with Crippen molar-refractivity contribution >= 4 is 21.9 Å². The summed E-state index contributed by atoms with van der Waals surface area (Å²) in [7, 11) is -3.91. The lowest BCUT2D eigenvalue weighted by Gasteiger charge is -2.02. The molecular weight excluding hydrogens is 390 g/mol. The summed E-state index contributed by atoms with van der Waals surface area (Å²) in [4.78, 5) is 12.0. The van der Waals surface area contributed by atoms with Crippen LogP contribution in [-0.2, 0) is 10.0 Å². The van der Waals surface area contributed by atoms with Gasteiger partial charge in [-0.15, -0.1) is 0 Å². The Morgan fingerprint density at radius 1 is 0.862 bits per heavy atom. The number of nitrogens with one attached hydrogen (secondary N) is 1. The second-order valence-electron chi connectivity index (χ2n) is 5.84. The van der Waals surface area contributed by atoms with Gasteiger partial charge >= 0.3 is 0 Å².